The van der Waals surface area contributed by atoms with Gasteiger partial charge in [-0.1, -0.05) is 23.9 Å². The smallest absolute Gasteiger partial charge is 0.283 e. The second kappa shape index (κ2) is 5.59. The lowest BCUT2D eigenvalue weighted by Crippen LogP contribution is -2.11. The van der Waals surface area contributed by atoms with Crippen molar-refractivity contribution in [3.05, 3.63) is 46.4 Å². The third-order valence-electron chi connectivity index (χ3n) is 2.11. The van der Waals surface area contributed by atoms with E-state index in [0.29, 0.717) is 0 Å². The molecule has 0 amide bonds. The number of nitro benzene ring substituents is 1. The predicted octanol–water partition coefficient (Wildman–Crippen LogP) is 1.96. The van der Waals surface area contributed by atoms with Gasteiger partial charge in [0.15, 0.2) is 5.82 Å². The maximum absolute atomic E-state index is 13.5. The SMILES string of the molecule is NNc1ncc(F)c(Sc2ccccc2[N+](=O)[O-])n1. The molecule has 98 valence electrons. The first-order chi connectivity index (χ1) is 9.11. The lowest BCUT2D eigenvalue weighted by molar-refractivity contribution is -0.387. The van der Waals surface area contributed by atoms with Gasteiger partial charge in [0.1, 0.15) is 5.03 Å². The summed E-state index contributed by atoms with van der Waals surface area (Å²) < 4.78 is 13.5. The second-order valence-corrected chi connectivity index (χ2v) is 4.35. The lowest BCUT2D eigenvalue weighted by Gasteiger charge is -2.04. The normalized spacial score (nSPS) is 10.2. The zero-order chi connectivity index (χ0) is 13.8. The Morgan fingerprint density at radius 1 is 1.42 bits per heavy atom. The summed E-state index contributed by atoms with van der Waals surface area (Å²) in [6, 6.07) is 6.01. The van der Waals surface area contributed by atoms with Gasteiger partial charge in [-0.05, 0) is 6.07 Å². The van der Waals surface area contributed by atoms with Crippen LogP contribution in [0.2, 0.25) is 0 Å². The van der Waals surface area contributed by atoms with Crippen molar-refractivity contribution >= 4 is 23.4 Å². The van der Waals surface area contributed by atoms with Crippen LogP contribution in [-0.2, 0) is 0 Å². The van der Waals surface area contributed by atoms with Crippen molar-refractivity contribution in [1.29, 1.82) is 0 Å². The third-order valence-corrected chi connectivity index (χ3v) is 3.15. The van der Waals surface area contributed by atoms with E-state index >= 15 is 0 Å². The number of hydrazine groups is 1. The molecular formula is C10H8FN5O2S. The summed E-state index contributed by atoms with van der Waals surface area (Å²) in [7, 11) is 0. The van der Waals surface area contributed by atoms with Crippen molar-refractivity contribution in [3.63, 3.8) is 0 Å². The Bertz CT molecular complexity index is 625. The molecule has 1 heterocycles. The quantitative estimate of drug-likeness (QED) is 0.382. The molecule has 3 N–H and O–H groups in total. The molecule has 0 fully saturated rings. The highest BCUT2D eigenvalue weighted by Gasteiger charge is 2.16. The van der Waals surface area contributed by atoms with Gasteiger partial charge in [0, 0.05) is 6.07 Å². The summed E-state index contributed by atoms with van der Waals surface area (Å²) in [5.74, 6) is 4.48. The summed E-state index contributed by atoms with van der Waals surface area (Å²) in [5.41, 5.74) is 2.06. The average Bonchev–Trinajstić information content (AvgIpc) is 2.41. The molecule has 1 aromatic carbocycles. The van der Waals surface area contributed by atoms with E-state index in [1.165, 1.54) is 18.2 Å². The van der Waals surface area contributed by atoms with Crippen LogP contribution in [0.5, 0.6) is 0 Å². The number of nitro groups is 1. The summed E-state index contributed by atoms with van der Waals surface area (Å²) >= 11 is 0.835. The van der Waals surface area contributed by atoms with Gasteiger partial charge in [-0.2, -0.15) is 0 Å². The van der Waals surface area contributed by atoms with Gasteiger partial charge in [-0.25, -0.2) is 20.2 Å². The first kappa shape index (κ1) is 13.2. The van der Waals surface area contributed by atoms with Crippen LogP contribution in [0.1, 0.15) is 0 Å². The number of nitrogens with zero attached hydrogens (tertiary/aromatic N) is 3. The molecule has 0 atom stereocenters. The molecule has 19 heavy (non-hydrogen) atoms. The number of rotatable bonds is 4. The molecule has 0 bridgehead atoms. The lowest BCUT2D eigenvalue weighted by atomic mass is 10.3. The summed E-state index contributed by atoms with van der Waals surface area (Å²) in [6.45, 7) is 0. The second-order valence-electron chi connectivity index (χ2n) is 3.32. The highest BCUT2D eigenvalue weighted by molar-refractivity contribution is 7.99. The van der Waals surface area contributed by atoms with E-state index in [1.54, 1.807) is 6.07 Å². The van der Waals surface area contributed by atoms with E-state index in [0.717, 1.165) is 18.0 Å². The molecule has 0 aliphatic carbocycles. The Balaban J connectivity index is 2.38. The van der Waals surface area contributed by atoms with Crippen LogP contribution >= 0.6 is 11.8 Å². The molecular weight excluding hydrogens is 273 g/mol. The monoisotopic (exact) mass is 281 g/mol. The Hall–Kier alpha value is -2.26. The van der Waals surface area contributed by atoms with Crippen molar-refractivity contribution in [2.24, 2.45) is 5.84 Å². The van der Waals surface area contributed by atoms with E-state index in [1.807, 2.05) is 0 Å². The number of nitrogens with two attached hydrogens (primary N) is 1. The molecule has 0 saturated heterocycles. The van der Waals surface area contributed by atoms with E-state index in [9.17, 15) is 14.5 Å². The van der Waals surface area contributed by atoms with Crippen LogP contribution in [0, 0.1) is 15.9 Å². The van der Waals surface area contributed by atoms with E-state index in [4.69, 9.17) is 5.84 Å². The molecule has 2 rings (SSSR count). The zero-order valence-corrected chi connectivity index (χ0v) is 10.2. The number of hydrogen-bond acceptors (Lipinski definition) is 7. The van der Waals surface area contributed by atoms with Crippen LogP contribution in [0.25, 0.3) is 0 Å². The van der Waals surface area contributed by atoms with Crippen LogP contribution in [-0.4, -0.2) is 14.9 Å². The molecule has 0 saturated carbocycles. The van der Waals surface area contributed by atoms with Gasteiger partial charge < -0.3 is 0 Å². The van der Waals surface area contributed by atoms with Crippen LogP contribution in [0.15, 0.2) is 40.4 Å². The first-order valence-corrected chi connectivity index (χ1v) is 5.84. The molecule has 2 aromatic rings. The van der Waals surface area contributed by atoms with Gasteiger partial charge in [0.05, 0.1) is 16.0 Å². The predicted molar refractivity (Wildman–Crippen MR) is 67.0 cm³/mol. The maximum atomic E-state index is 13.5. The minimum Gasteiger partial charge on any atom is -0.292 e. The highest BCUT2D eigenvalue weighted by Crippen LogP contribution is 2.34. The van der Waals surface area contributed by atoms with Gasteiger partial charge >= 0.3 is 0 Å². The summed E-state index contributed by atoms with van der Waals surface area (Å²) in [4.78, 5) is 18.0. The average molecular weight is 281 g/mol. The zero-order valence-electron chi connectivity index (χ0n) is 9.41. The van der Waals surface area contributed by atoms with Crippen molar-refractivity contribution in [2.45, 2.75) is 9.92 Å². The maximum Gasteiger partial charge on any atom is 0.283 e. The number of para-hydroxylation sites is 1. The Labute approximate surface area is 111 Å². The molecule has 0 aliphatic heterocycles. The number of nitrogens with one attached hydrogen (secondary N) is 1. The van der Waals surface area contributed by atoms with Gasteiger partial charge in [0.25, 0.3) is 5.69 Å². The molecule has 1 aromatic heterocycles. The van der Waals surface area contributed by atoms with Gasteiger partial charge in [-0.3, -0.25) is 15.5 Å². The van der Waals surface area contributed by atoms with Crippen molar-refractivity contribution in [1.82, 2.24) is 9.97 Å². The minimum atomic E-state index is -0.679. The Morgan fingerprint density at radius 3 is 2.84 bits per heavy atom. The van der Waals surface area contributed by atoms with Gasteiger partial charge in [-0.15, -0.1) is 0 Å². The van der Waals surface area contributed by atoms with Crippen LogP contribution < -0.4 is 11.3 Å². The molecule has 0 unspecified atom stereocenters. The fourth-order valence-corrected chi connectivity index (χ4v) is 2.18. The Morgan fingerprint density at radius 2 is 2.16 bits per heavy atom. The fourth-order valence-electron chi connectivity index (χ4n) is 1.29. The van der Waals surface area contributed by atoms with Crippen molar-refractivity contribution in [2.75, 3.05) is 5.43 Å². The van der Waals surface area contributed by atoms with Gasteiger partial charge in [0.2, 0.25) is 5.95 Å². The number of halogens is 1. The largest absolute Gasteiger partial charge is 0.292 e. The third kappa shape index (κ3) is 2.95. The summed E-state index contributed by atoms with van der Waals surface area (Å²) in [6.07, 6.45) is 0.944. The molecule has 0 radical (unpaired) electrons. The summed E-state index contributed by atoms with van der Waals surface area (Å²) in [5, 5.41) is 10.8. The van der Waals surface area contributed by atoms with Crippen molar-refractivity contribution in [3.8, 4) is 0 Å². The molecule has 7 nitrogen and oxygen atoms in total. The standard InChI is InChI=1S/C10H8FN5O2S/c11-6-5-13-10(15-12)14-9(6)19-8-4-2-1-3-7(8)16(17)18/h1-5H,12H2,(H,13,14,15). The highest BCUT2D eigenvalue weighted by atomic mass is 32.2. The topological polar surface area (TPSA) is 107 Å². The number of anilines is 1. The number of hydrogen-bond donors (Lipinski definition) is 2. The fraction of sp³-hybridized carbons (Fsp3) is 0. The number of nitrogen functional groups attached to an aromatic ring is 1. The van der Waals surface area contributed by atoms with E-state index in [2.05, 4.69) is 15.4 Å². The minimum absolute atomic E-state index is 0.0301. The molecule has 0 aliphatic rings. The van der Waals surface area contributed by atoms with E-state index in [-0.39, 0.29) is 21.6 Å². The number of benzene rings is 1. The van der Waals surface area contributed by atoms with Crippen molar-refractivity contribution < 1.29 is 9.31 Å². The Kier molecular flexibility index (Phi) is 3.88. The van der Waals surface area contributed by atoms with Crippen LogP contribution in [0.3, 0.4) is 0 Å². The first-order valence-electron chi connectivity index (χ1n) is 5.02. The molecule has 0 spiro atoms. The number of aromatic nitrogens is 2. The van der Waals surface area contributed by atoms with Crippen LogP contribution in [0.4, 0.5) is 16.0 Å². The van der Waals surface area contributed by atoms with E-state index < -0.39 is 10.7 Å². The molecule has 9 heteroatoms.